The van der Waals surface area contributed by atoms with Gasteiger partial charge < -0.3 is 19.5 Å². The maximum absolute atomic E-state index is 5.99. The summed E-state index contributed by atoms with van der Waals surface area (Å²) in [4.78, 5) is 21.5. The molecule has 0 amide bonds. The van der Waals surface area contributed by atoms with Crippen LogP contribution in [0.5, 0.6) is 0 Å². The number of hydrogen-bond donors (Lipinski definition) is 1. The lowest BCUT2D eigenvalue weighted by Crippen LogP contribution is -2.28. The molecule has 9 heteroatoms. The molecule has 0 spiro atoms. The molecule has 0 bridgehead atoms. The number of nitrogens with zero attached hydrogens (tertiary/aromatic N) is 6. The summed E-state index contributed by atoms with van der Waals surface area (Å²) in [5.41, 5.74) is 5.84. The third-order valence-electron chi connectivity index (χ3n) is 6.51. The third kappa shape index (κ3) is 5.48. The minimum absolute atomic E-state index is 0.501. The van der Waals surface area contributed by atoms with Gasteiger partial charge in [-0.05, 0) is 44.3 Å². The molecule has 8 nitrogen and oxygen atoms in total. The summed E-state index contributed by atoms with van der Waals surface area (Å²) >= 11 is 0. The van der Waals surface area contributed by atoms with Gasteiger partial charge in [0.15, 0.2) is 5.82 Å². The summed E-state index contributed by atoms with van der Waals surface area (Å²) in [6.07, 6.45) is 4.77. The van der Waals surface area contributed by atoms with Crippen LogP contribution >= 0.6 is 0 Å². The first-order chi connectivity index (χ1) is 17.3. The maximum atomic E-state index is 5.99. The largest absolute Gasteiger partial charge is 0.361 e. The lowest BCUT2D eigenvalue weighted by atomic mass is 10.1. The number of fused-ring (bicyclic) bond motifs is 2. The Morgan fingerprint density at radius 2 is 1.94 bits per heavy atom. The Kier molecular flexibility index (Phi) is 6.87. The number of likely N-dealkylation sites (N-methyl/N-ethyl adjacent to an activating group) is 1. The van der Waals surface area contributed by atoms with E-state index in [4.69, 9.17) is 14.7 Å². The molecule has 5 heterocycles. The Labute approximate surface area is 213 Å². The van der Waals surface area contributed by atoms with Crippen LogP contribution in [0.15, 0.2) is 42.7 Å². The van der Waals surface area contributed by atoms with Gasteiger partial charge in [-0.3, -0.25) is 0 Å². The van der Waals surface area contributed by atoms with Gasteiger partial charge in [0.25, 0.3) is 0 Å². The lowest BCUT2D eigenvalue weighted by molar-refractivity contribution is 0.0899. The summed E-state index contributed by atoms with van der Waals surface area (Å²) in [5, 5.41) is 4.67. The van der Waals surface area contributed by atoms with Crippen molar-refractivity contribution >= 4 is 30.6 Å². The Morgan fingerprint density at radius 3 is 2.75 bits per heavy atom. The molecular weight excluding hydrogens is 466 g/mol. The molecule has 4 aromatic heterocycles. The molecule has 0 atom stereocenters. The van der Waals surface area contributed by atoms with Crippen LogP contribution in [0, 0.1) is 6.92 Å². The monoisotopic (exact) mass is 501 g/mol. The zero-order chi connectivity index (χ0) is 25.3. The number of hydrogen-bond acceptors (Lipinski definition) is 7. The second-order valence-corrected chi connectivity index (χ2v) is 16.4. The maximum Gasteiger partial charge on any atom is 0.180 e. The number of pyridine rings is 2. The Hall–Kier alpha value is -3.14. The van der Waals surface area contributed by atoms with E-state index in [2.05, 4.69) is 57.5 Å². The molecule has 4 aromatic rings. The first-order valence-corrected chi connectivity index (χ1v) is 16.3. The molecule has 188 valence electrons. The van der Waals surface area contributed by atoms with E-state index < -0.39 is 8.07 Å². The summed E-state index contributed by atoms with van der Waals surface area (Å²) in [6.45, 7) is 12.2. The molecule has 1 N–H and O–H groups in total. The molecule has 0 fully saturated rings. The van der Waals surface area contributed by atoms with E-state index in [9.17, 15) is 0 Å². The van der Waals surface area contributed by atoms with E-state index in [1.54, 1.807) is 0 Å². The highest BCUT2D eigenvalue weighted by molar-refractivity contribution is 6.76. The van der Waals surface area contributed by atoms with E-state index in [1.807, 2.05) is 43.6 Å². The summed E-state index contributed by atoms with van der Waals surface area (Å²) in [7, 11) is 1.02. The molecule has 0 saturated carbocycles. The van der Waals surface area contributed by atoms with Gasteiger partial charge in [-0.1, -0.05) is 25.7 Å². The van der Waals surface area contributed by atoms with Crippen molar-refractivity contribution in [1.29, 1.82) is 0 Å². The average molecular weight is 502 g/mol. The molecule has 1 aliphatic heterocycles. The molecule has 0 aromatic carbocycles. The fourth-order valence-corrected chi connectivity index (χ4v) is 5.16. The van der Waals surface area contributed by atoms with Gasteiger partial charge >= 0.3 is 0 Å². The van der Waals surface area contributed by atoms with Crippen LogP contribution < -0.4 is 5.32 Å². The predicted octanol–water partition coefficient (Wildman–Crippen LogP) is 5.24. The van der Waals surface area contributed by atoms with E-state index in [-0.39, 0.29) is 0 Å². The second-order valence-electron chi connectivity index (χ2n) is 10.8. The van der Waals surface area contributed by atoms with Gasteiger partial charge in [-0.25, -0.2) is 19.9 Å². The van der Waals surface area contributed by atoms with Crippen LogP contribution in [0.1, 0.15) is 17.0 Å². The third-order valence-corrected chi connectivity index (χ3v) is 8.21. The smallest absolute Gasteiger partial charge is 0.180 e. The summed E-state index contributed by atoms with van der Waals surface area (Å²) < 4.78 is 8.05. The Balaban J connectivity index is 1.46. The van der Waals surface area contributed by atoms with Crippen LogP contribution in [0.25, 0.3) is 22.6 Å². The van der Waals surface area contributed by atoms with Crippen molar-refractivity contribution in [1.82, 2.24) is 29.4 Å². The average Bonchev–Trinajstić information content (AvgIpc) is 3.25. The van der Waals surface area contributed by atoms with Crippen molar-refractivity contribution in [3.8, 4) is 11.5 Å². The van der Waals surface area contributed by atoms with E-state index >= 15 is 0 Å². The minimum atomic E-state index is -1.11. The quantitative estimate of drug-likeness (QED) is 0.261. The highest BCUT2D eigenvalue weighted by Crippen LogP contribution is 2.31. The zero-order valence-corrected chi connectivity index (χ0v) is 22.9. The Morgan fingerprint density at radius 1 is 1.08 bits per heavy atom. The molecule has 0 aliphatic carbocycles. The van der Waals surface area contributed by atoms with Crippen LogP contribution in [-0.2, 0) is 24.4 Å². The minimum Gasteiger partial charge on any atom is -0.361 e. The van der Waals surface area contributed by atoms with Crippen molar-refractivity contribution in [3.05, 3.63) is 59.7 Å². The normalized spacial score (nSPS) is 14.2. The van der Waals surface area contributed by atoms with Crippen molar-refractivity contribution in [2.45, 2.75) is 52.3 Å². The molecular formula is C27H35N7OSi. The van der Waals surface area contributed by atoms with Crippen LogP contribution in [0.2, 0.25) is 25.7 Å². The van der Waals surface area contributed by atoms with Crippen molar-refractivity contribution < 1.29 is 4.74 Å². The molecule has 0 saturated heterocycles. The first kappa shape index (κ1) is 24.5. The fourth-order valence-electron chi connectivity index (χ4n) is 4.41. The fraction of sp³-hybridized carbons (Fsp3) is 0.407. The van der Waals surface area contributed by atoms with E-state index in [1.165, 1.54) is 0 Å². The second kappa shape index (κ2) is 10.1. The van der Waals surface area contributed by atoms with E-state index in [0.717, 1.165) is 77.3 Å². The molecule has 0 radical (unpaired) electrons. The number of aryl methyl sites for hydroxylation is 1. The first-order valence-electron chi connectivity index (χ1n) is 12.6. The highest BCUT2D eigenvalue weighted by Gasteiger charge is 2.22. The van der Waals surface area contributed by atoms with Crippen molar-refractivity contribution in [3.63, 3.8) is 0 Å². The highest BCUT2D eigenvalue weighted by atomic mass is 28.3. The number of anilines is 2. The van der Waals surface area contributed by atoms with E-state index in [0.29, 0.717) is 12.6 Å². The SMILES string of the molecule is Cc1cccc(-c2nc3c(c(Nc4ccnc5c4ccn5COCC[Si](C)(C)C)n2)CN(C)CC3)n1. The van der Waals surface area contributed by atoms with Crippen LogP contribution in [0.3, 0.4) is 0 Å². The van der Waals surface area contributed by atoms with Gasteiger partial charge in [0.1, 0.15) is 23.9 Å². The van der Waals surface area contributed by atoms with Gasteiger partial charge in [0.2, 0.25) is 0 Å². The number of ether oxygens (including phenoxy) is 1. The van der Waals surface area contributed by atoms with Gasteiger partial charge in [-0.2, -0.15) is 0 Å². The summed E-state index contributed by atoms with van der Waals surface area (Å²) in [5.74, 6) is 1.49. The zero-order valence-electron chi connectivity index (χ0n) is 21.9. The van der Waals surface area contributed by atoms with Crippen molar-refractivity contribution in [2.75, 3.05) is 25.5 Å². The molecule has 0 unspecified atom stereocenters. The predicted molar refractivity (Wildman–Crippen MR) is 147 cm³/mol. The Bertz CT molecular complexity index is 1380. The van der Waals surface area contributed by atoms with Crippen molar-refractivity contribution in [2.24, 2.45) is 0 Å². The number of rotatable bonds is 8. The summed E-state index contributed by atoms with van der Waals surface area (Å²) in [6, 6.07) is 11.2. The molecule has 5 rings (SSSR count). The van der Waals surface area contributed by atoms with Gasteiger partial charge in [-0.15, -0.1) is 0 Å². The van der Waals surface area contributed by atoms with Crippen LogP contribution in [-0.4, -0.2) is 57.7 Å². The number of nitrogens with one attached hydrogen (secondary N) is 1. The van der Waals surface area contributed by atoms with Crippen LogP contribution in [0.4, 0.5) is 11.5 Å². The number of aromatic nitrogens is 5. The topological polar surface area (TPSA) is 81.0 Å². The standard InChI is InChI=1S/C27H35N7OSi/c1-19-7-6-8-24(29-19)26-31-23-11-13-33(2)17-21(23)25(32-26)30-22-9-12-28-27-20(22)10-14-34(27)18-35-15-16-36(3,4)5/h6-10,12,14H,11,13,15-18H2,1-5H3,(H,28,30,31,32). The van der Waals surface area contributed by atoms with Gasteiger partial charge in [0.05, 0.1) is 11.4 Å². The molecule has 1 aliphatic rings. The molecule has 36 heavy (non-hydrogen) atoms. The lowest BCUT2D eigenvalue weighted by Gasteiger charge is -2.26. The van der Waals surface area contributed by atoms with Gasteiger partial charge in [0, 0.05) is 63.2 Å².